The molecule has 4 unspecified atom stereocenters. The van der Waals surface area contributed by atoms with Crippen LogP contribution in [-0.2, 0) is 9.59 Å². The predicted molar refractivity (Wildman–Crippen MR) is 353 cm³/mol. The van der Waals surface area contributed by atoms with Crippen LogP contribution in [0, 0.1) is 0 Å². The monoisotopic (exact) mass is 1170 g/mol. The van der Waals surface area contributed by atoms with Crippen LogP contribution in [-0.4, -0.2) is 169 Å². The molecule has 0 fully saturated rings. The summed E-state index contributed by atoms with van der Waals surface area (Å²) in [6, 6.07) is 0. The van der Waals surface area contributed by atoms with Crippen LogP contribution in [0.15, 0.2) is 0 Å². The van der Waals surface area contributed by atoms with E-state index in [1.165, 1.54) is 205 Å². The fourth-order valence-electron chi connectivity index (χ4n) is 11.6. The zero-order valence-electron chi connectivity index (χ0n) is 55.7. The molecule has 0 aliphatic rings. The van der Waals surface area contributed by atoms with Crippen molar-refractivity contribution < 1.29 is 30.0 Å². The summed E-state index contributed by atoms with van der Waals surface area (Å²) in [5.41, 5.74) is 0. The highest BCUT2D eigenvalue weighted by Gasteiger charge is 2.19. The maximum absolute atomic E-state index is 13.0. The van der Waals surface area contributed by atoms with Gasteiger partial charge in [-0.05, 0) is 39.8 Å². The molecule has 4 atom stereocenters. The Morgan fingerprint density at radius 3 is 0.695 bits per heavy atom. The average molecular weight is 1170 g/mol. The molecular weight excluding hydrogens is 1020 g/mol. The highest BCUT2D eigenvalue weighted by atomic mass is 16.3. The summed E-state index contributed by atoms with van der Waals surface area (Å²) in [6.45, 7) is 16.2. The lowest BCUT2D eigenvalue weighted by Crippen LogP contribution is -2.43. The number of aliphatic hydroxyl groups excluding tert-OH is 4. The van der Waals surface area contributed by atoms with Gasteiger partial charge in [-0.2, -0.15) is 0 Å². The van der Waals surface area contributed by atoms with Gasteiger partial charge in [0, 0.05) is 91.4 Å². The molecule has 0 heterocycles. The van der Waals surface area contributed by atoms with E-state index < -0.39 is 24.4 Å². The summed E-state index contributed by atoms with van der Waals surface area (Å²) in [5, 5.41) is 50.6. The fraction of sp³-hybridized carbons (Fsp3) is 0.971. The van der Waals surface area contributed by atoms with E-state index >= 15 is 0 Å². The second-order valence-corrected chi connectivity index (χ2v) is 25.8. The largest absolute Gasteiger partial charge is 0.392 e. The molecule has 12 nitrogen and oxygen atoms in total. The summed E-state index contributed by atoms with van der Waals surface area (Å²) in [7, 11) is 4.08. The van der Waals surface area contributed by atoms with E-state index in [-0.39, 0.29) is 11.8 Å². The van der Waals surface area contributed by atoms with Gasteiger partial charge in [0.25, 0.3) is 0 Å². The maximum atomic E-state index is 13.0. The highest BCUT2D eigenvalue weighted by molar-refractivity contribution is 5.76. The summed E-state index contributed by atoms with van der Waals surface area (Å²) in [6.07, 6.45) is 53.1. The Hall–Kier alpha value is -1.38. The van der Waals surface area contributed by atoms with Crippen molar-refractivity contribution >= 4 is 11.8 Å². The maximum Gasteiger partial charge on any atom is 0.221 e. The van der Waals surface area contributed by atoms with Gasteiger partial charge in [0.05, 0.1) is 24.4 Å². The molecule has 12 heteroatoms. The standard InChI is InChI=1S/C70H144N6O6/c1-7-11-15-19-23-27-31-35-39-43-47-65(77)61-75(62-66(78)48-44-40-36-32-28-24-20-16-12-8-2)57-53-71-69(81)51-55-73(5)59-60-74(6)56-52-70(82)72-54-58-76(63-67(79)49-45-41-37-33-29-25-21-17-13-9-3)64-68(80)50-46-42-38-34-30-26-22-18-14-10-4/h65-68,77-80H,7-64H2,1-6H3,(H,71,81)(H,72,82). The van der Waals surface area contributed by atoms with Gasteiger partial charge in [0.15, 0.2) is 0 Å². The normalized spacial score (nSPS) is 13.5. The number of rotatable bonds is 67. The Balaban J connectivity index is 4.83. The molecule has 0 spiro atoms. The first-order valence-electron chi connectivity index (χ1n) is 36.0. The van der Waals surface area contributed by atoms with Crippen molar-refractivity contribution in [1.29, 1.82) is 0 Å². The van der Waals surface area contributed by atoms with Crippen LogP contribution in [0.5, 0.6) is 0 Å². The number of amides is 2. The molecule has 0 aromatic heterocycles. The van der Waals surface area contributed by atoms with Crippen molar-refractivity contribution in [1.82, 2.24) is 30.2 Å². The van der Waals surface area contributed by atoms with Gasteiger partial charge in [-0.3, -0.25) is 19.4 Å². The Bertz CT molecular complexity index is 1160. The summed E-state index contributed by atoms with van der Waals surface area (Å²) < 4.78 is 0. The topological polar surface area (TPSA) is 152 Å². The van der Waals surface area contributed by atoms with Crippen LogP contribution in [0.4, 0.5) is 0 Å². The Kier molecular flexibility index (Phi) is 61.6. The van der Waals surface area contributed by atoms with Crippen LogP contribution in [0.3, 0.4) is 0 Å². The first-order chi connectivity index (χ1) is 39.9. The number of carbonyl (C=O) groups excluding carboxylic acids is 2. The van der Waals surface area contributed by atoms with Crippen LogP contribution >= 0.6 is 0 Å². The van der Waals surface area contributed by atoms with E-state index in [4.69, 9.17) is 0 Å². The molecule has 82 heavy (non-hydrogen) atoms. The number of likely N-dealkylation sites (N-methyl/N-ethyl adjacent to an activating group) is 2. The van der Waals surface area contributed by atoms with Gasteiger partial charge in [-0.1, -0.05) is 285 Å². The number of hydrogen-bond acceptors (Lipinski definition) is 10. The predicted octanol–water partition coefficient (Wildman–Crippen LogP) is 15.2. The van der Waals surface area contributed by atoms with Gasteiger partial charge in [-0.15, -0.1) is 0 Å². The number of hydrogen-bond donors (Lipinski definition) is 6. The molecule has 6 N–H and O–H groups in total. The molecular formula is C70H144N6O6. The molecule has 0 rings (SSSR count). The highest BCUT2D eigenvalue weighted by Crippen LogP contribution is 2.18. The van der Waals surface area contributed by atoms with Gasteiger partial charge in [0.1, 0.15) is 0 Å². The zero-order valence-corrected chi connectivity index (χ0v) is 55.7. The van der Waals surface area contributed by atoms with Crippen LogP contribution in [0.2, 0.25) is 0 Å². The van der Waals surface area contributed by atoms with E-state index in [0.29, 0.717) is 78.3 Å². The van der Waals surface area contributed by atoms with Gasteiger partial charge in [0.2, 0.25) is 11.8 Å². The molecule has 0 aliphatic carbocycles. The van der Waals surface area contributed by atoms with Crippen LogP contribution < -0.4 is 10.6 Å². The SMILES string of the molecule is CCCCCCCCCCCCC(O)CN(CCNC(=O)CCN(C)CCN(C)CCC(=O)NCCN(CC(O)CCCCCCCCCCCC)CC(O)CCCCCCCCCCCC)CC(O)CCCCCCCCCCCC. The van der Waals surface area contributed by atoms with Crippen molar-refractivity contribution in [3.05, 3.63) is 0 Å². The molecule has 0 saturated heterocycles. The second-order valence-electron chi connectivity index (χ2n) is 25.8. The first-order valence-corrected chi connectivity index (χ1v) is 36.0. The lowest BCUT2D eigenvalue weighted by Gasteiger charge is -2.28. The Morgan fingerprint density at radius 2 is 0.488 bits per heavy atom. The lowest BCUT2D eigenvalue weighted by atomic mass is 10.0. The summed E-state index contributed by atoms with van der Waals surface area (Å²) in [5.74, 6) is 0.0267. The van der Waals surface area contributed by atoms with Gasteiger partial charge in [-0.25, -0.2) is 0 Å². The molecule has 0 aromatic rings. The molecule has 0 radical (unpaired) electrons. The van der Waals surface area contributed by atoms with Crippen molar-refractivity contribution in [3.8, 4) is 0 Å². The van der Waals surface area contributed by atoms with Crippen molar-refractivity contribution in [2.24, 2.45) is 0 Å². The minimum atomic E-state index is -0.435. The third-order valence-corrected chi connectivity index (χ3v) is 17.2. The third-order valence-electron chi connectivity index (χ3n) is 17.2. The van der Waals surface area contributed by atoms with Crippen molar-refractivity contribution in [2.45, 2.75) is 347 Å². The second kappa shape index (κ2) is 62.7. The fourth-order valence-corrected chi connectivity index (χ4v) is 11.6. The van der Waals surface area contributed by atoms with E-state index in [2.05, 4.69) is 57.9 Å². The van der Waals surface area contributed by atoms with Crippen molar-refractivity contribution in [2.75, 3.05) is 92.6 Å². The Labute approximate surface area is 510 Å². The molecule has 0 aromatic carbocycles. The Morgan fingerprint density at radius 1 is 0.293 bits per heavy atom. The number of nitrogens with one attached hydrogen (secondary N) is 2. The van der Waals surface area contributed by atoms with E-state index in [0.717, 1.165) is 90.1 Å². The molecule has 0 saturated carbocycles. The number of nitrogens with zero attached hydrogens (tertiary/aromatic N) is 4. The number of unbranched alkanes of at least 4 members (excludes halogenated alkanes) is 36. The van der Waals surface area contributed by atoms with E-state index in [9.17, 15) is 30.0 Å². The van der Waals surface area contributed by atoms with E-state index in [1.807, 2.05) is 14.1 Å². The zero-order chi connectivity index (χ0) is 60.2. The summed E-state index contributed by atoms with van der Waals surface area (Å²) >= 11 is 0. The van der Waals surface area contributed by atoms with Crippen LogP contribution in [0.1, 0.15) is 323 Å². The molecule has 2 amide bonds. The molecule has 0 aliphatic heterocycles. The number of aliphatic hydroxyl groups is 4. The van der Waals surface area contributed by atoms with Crippen LogP contribution in [0.25, 0.3) is 0 Å². The first kappa shape index (κ1) is 80.6. The smallest absolute Gasteiger partial charge is 0.221 e. The summed E-state index contributed by atoms with van der Waals surface area (Å²) in [4.78, 5) is 34.7. The van der Waals surface area contributed by atoms with Crippen molar-refractivity contribution in [3.63, 3.8) is 0 Å². The number of carbonyl (C=O) groups is 2. The quantitative estimate of drug-likeness (QED) is 0.0325. The minimum Gasteiger partial charge on any atom is -0.392 e. The third kappa shape index (κ3) is 59.0. The van der Waals surface area contributed by atoms with Gasteiger partial charge < -0.3 is 40.9 Å². The average Bonchev–Trinajstić information content (AvgIpc) is 3.45. The molecule has 0 bridgehead atoms. The lowest BCUT2D eigenvalue weighted by molar-refractivity contribution is -0.122. The molecule has 490 valence electrons. The minimum absolute atomic E-state index is 0.0133. The van der Waals surface area contributed by atoms with E-state index in [1.54, 1.807) is 0 Å². The van der Waals surface area contributed by atoms with Gasteiger partial charge >= 0.3 is 0 Å².